The number of ether oxygens (including phenoxy) is 1. The number of sulfone groups is 1. The highest BCUT2D eigenvalue weighted by Crippen LogP contribution is 2.40. The van der Waals surface area contributed by atoms with Crippen LogP contribution in [0.4, 0.5) is 0 Å². The third-order valence-corrected chi connectivity index (χ3v) is 6.43. The topological polar surface area (TPSA) is 43.4 Å². The Hall–Kier alpha value is -1.91. The van der Waals surface area contributed by atoms with E-state index in [2.05, 4.69) is 6.58 Å². The highest BCUT2D eigenvalue weighted by atomic mass is 32.2. The minimum Gasteiger partial charge on any atom is -0.365 e. The van der Waals surface area contributed by atoms with Crippen molar-refractivity contribution < 1.29 is 13.2 Å². The van der Waals surface area contributed by atoms with E-state index in [1.54, 1.807) is 30.3 Å². The molecule has 0 amide bonds. The summed E-state index contributed by atoms with van der Waals surface area (Å²) in [6, 6.07) is 16.4. The van der Waals surface area contributed by atoms with Gasteiger partial charge in [-0.2, -0.15) is 0 Å². The van der Waals surface area contributed by atoms with Gasteiger partial charge in [0, 0.05) is 0 Å². The third-order valence-electron chi connectivity index (χ3n) is 4.26. The molecule has 4 heteroatoms. The van der Waals surface area contributed by atoms with Crippen molar-refractivity contribution in [1.82, 2.24) is 0 Å². The Labute approximate surface area is 137 Å². The van der Waals surface area contributed by atoms with Crippen LogP contribution in [0, 0.1) is 6.92 Å². The van der Waals surface area contributed by atoms with Crippen LogP contribution in [-0.4, -0.2) is 19.8 Å². The molecule has 0 spiro atoms. The summed E-state index contributed by atoms with van der Waals surface area (Å²) in [7, 11) is -3.46. The van der Waals surface area contributed by atoms with Gasteiger partial charge in [-0.25, -0.2) is 8.42 Å². The van der Waals surface area contributed by atoms with Crippen molar-refractivity contribution >= 4 is 9.84 Å². The molecule has 1 aliphatic heterocycles. The summed E-state index contributed by atoms with van der Waals surface area (Å²) in [5.41, 5.74) is 2.03. The number of benzene rings is 2. The average Bonchev–Trinajstić information content (AvgIpc) is 3.01. The van der Waals surface area contributed by atoms with Crippen LogP contribution in [-0.2, 0) is 14.6 Å². The predicted octanol–water partition coefficient (Wildman–Crippen LogP) is 3.85. The lowest BCUT2D eigenvalue weighted by atomic mass is 10.0. The molecule has 1 aliphatic rings. The fourth-order valence-electron chi connectivity index (χ4n) is 2.96. The Bertz CT molecular complexity index is 779. The van der Waals surface area contributed by atoms with Gasteiger partial charge in [-0.05, 0) is 31.0 Å². The number of hydrogen-bond acceptors (Lipinski definition) is 3. The van der Waals surface area contributed by atoms with Crippen molar-refractivity contribution in [2.75, 3.05) is 0 Å². The molecule has 1 heterocycles. The van der Waals surface area contributed by atoms with Crippen LogP contribution in [0.15, 0.2) is 72.1 Å². The van der Waals surface area contributed by atoms with Crippen molar-refractivity contribution in [2.45, 2.75) is 35.7 Å². The molecule has 3 atom stereocenters. The van der Waals surface area contributed by atoms with E-state index < -0.39 is 21.2 Å². The van der Waals surface area contributed by atoms with Gasteiger partial charge in [-0.3, -0.25) is 0 Å². The van der Waals surface area contributed by atoms with Crippen molar-refractivity contribution in [3.8, 4) is 0 Å². The highest BCUT2D eigenvalue weighted by Gasteiger charge is 2.43. The second-order valence-electron chi connectivity index (χ2n) is 5.87. The van der Waals surface area contributed by atoms with Crippen LogP contribution in [0.2, 0.25) is 0 Å². The van der Waals surface area contributed by atoms with Crippen LogP contribution in [0.3, 0.4) is 0 Å². The maximum Gasteiger partial charge on any atom is 0.184 e. The molecule has 0 radical (unpaired) electrons. The van der Waals surface area contributed by atoms with E-state index in [0.29, 0.717) is 11.3 Å². The lowest BCUT2D eigenvalue weighted by molar-refractivity contribution is 0.0720. The maximum absolute atomic E-state index is 13.0. The van der Waals surface area contributed by atoms with Crippen LogP contribution >= 0.6 is 0 Å². The van der Waals surface area contributed by atoms with Gasteiger partial charge >= 0.3 is 0 Å². The van der Waals surface area contributed by atoms with Crippen LogP contribution in [0.5, 0.6) is 0 Å². The van der Waals surface area contributed by atoms with E-state index in [4.69, 9.17) is 4.74 Å². The Morgan fingerprint density at radius 3 is 2.35 bits per heavy atom. The zero-order chi connectivity index (χ0) is 16.4. The van der Waals surface area contributed by atoms with E-state index in [-0.39, 0.29) is 6.10 Å². The second kappa shape index (κ2) is 6.30. The van der Waals surface area contributed by atoms with Gasteiger partial charge in [0.15, 0.2) is 9.84 Å². The highest BCUT2D eigenvalue weighted by molar-refractivity contribution is 7.92. The molecule has 0 saturated carbocycles. The van der Waals surface area contributed by atoms with Crippen molar-refractivity contribution in [1.29, 1.82) is 0 Å². The maximum atomic E-state index is 13.0. The standard InChI is InChI=1S/C19H20O3S/c1-3-16-13-18(23(20,21)17-7-5-4-6-8-17)19(22-16)15-11-9-14(2)10-12-15/h3-12,16,18-19H,1,13H2,2H3/t16-,18-,19+/m1/s1. The fraction of sp³-hybridized carbons (Fsp3) is 0.263. The summed E-state index contributed by atoms with van der Waals surface area (Å²) in [5, 5.41) is -0.601. The molecule has 120 valence electrons. The second-order valence-corrected chi connectivity index (χ2v) is 8.04. The summed E-state index contributed by atoms with van der Waals surface area (Å²) in [5.74, 6) is 0. The van der Waals surface area contributed by atoms with E-state index >= 15 is 0 Å². The molecule has 23 heavy (non-hydrogen) atoms. The SMILES string of the molecule is C=C[C@@H]1C[C@@H](S(=O)(=O)c2ccccc2)[C@H](c2ccc(C)cc2)O1. The molecule has 2 aromatic carbocycles. The van der Waals surface area contributed by atoms with Gasteiger partial charge < -0.3 is 4.74 Å². The minimum atomic E-state index is -3.46. The van der Waals surface area contributed by atoms with Crippen LogP contribution in [0.25, 0.3) is 0 Å². The van der Waals surface area contributed by atoms with Gasteiger partial charge in [0.2, 0.25) is 0 Å². The number of aryl methyl sites for hydroxylation is 1. The molecule has 0 N–H and O–H groups in total. The van der Waals surface area contributed by atoms with E-state index in [0.717, 1.165) is 11.1 Å². The Balaban J connectivity index is 2.01. The largest absolute Gasteiger partial charge is 0.365 e. The summed E-state index contributed by atoms with van der Waals surface area (Å²) in [4.78, 5) is 0.343. The van der Waals surface area contributed by atoms with Gasteiger partial charge in [-0.1, -0.05) is 54.1 Å². The monoisotopic (exact) mass is 328 g/mol. The van der Waals surface area contributed by atoms with Gasteiger partial charge in [0.1, 0.15) is 6.10 Å². The zero-order valence-electron chi connectivity index (χ0n) is 13.1. The normalized spacial score (nSPS) is 24.5. The van der Waals surface area contributed by atoms with Gasteiger partial charge in [-0.15, -0.1) is 6.58 Å². The Kier molecular flexibility index (Phi) is 4.37. The van der Waals surface area contributed by atoms with Crippen molar-refractivity contribution in [2.24, 2.45) is 0 Å². The van der Waals surface area contributed by atoms with Crippen molar-refractivity contribution in [3.63, 3.8) is 0 Å². The molecule has 0 aliphatic carbocycles. The molecule has 0 unspecified atom stereocenters. The zero-order valence-corrected chi connectivity index (χ0v) is 13.9. The quantitative estimate of drug-likeness (QED) is 0.801. The molecule has 1 saturated heterocycles. The first-order valence-electron chi connectivity index (χ1n) is 7.66. The third kappa shape index (κ3) is 3.09. The van der Waals surface area contributed by atoms with Crippen molar-refractivity contribution in [3.05, 3.63) is 78.4 Å². The molecular formula is C19H20O3S. The molecule has 0 aromatic heterocycles. The molecule has 2 aromatic rings. The molecular weight excluding hydrogens is 308 g/mol. The molecule has 1 fully saturated rings. The first kappa shape index (κ1) is 16.0. The molecule has 0 bridgehead atoms. The first-order chi connectivity index (χ1) is 11.0. The summed E-state index contributed by atoms with van der Waals surface area (Å²) >= 11 is 0. The summed E-state index contributed by atoms with van der Waals surface area (Å²) < 4.78 is 32.0. The van der Waals surface area contributed by atoms with Crippen LogP contribution in [0.1, 0.15) is 23.7 Å². The molecule has 3 rings (SSSR count). The van der Waals surface area contributed by atoms with Gasteiger partial charge in [0.25, 0.3) is 0 Å². The summed E-state index contributed by atoms with van der Waals surface area (Å²) in [6.45, 7) is 5.76. The number of rotatable bonds is 4. The lowest BCUT2D eigenvalue weighted by Crippen LogP contribution is -2.25. The number of hydrogen-bond donors (Lipinski definition) is 0. The minimum absolute atomic E-state index is 0.246. The van der Waals surface area contributed by atoms with Crippen LogP contribution < -0.4 is 0 Å². The van der Waals surface area contributed by atoms with E-state index in [1.807, 2.05) is 37.3 Å². The smallest absolute Gasteiger partial charge is 0.184 e. The Morgan fingerprint density at radius 1 is 1.09 bits per heavy atom. The molecule has 3 nitrogen and oxygen atoms in total. The van der Waals surface area contributed by atoms with E-state index in [9.17, 15) is 8.42 Å². The van der Waals surface area contributed by atoms with Gasteiger partial charge in [0.05, 0.1) is 16.2 Å². The Morgan fingerprint density at radius 2 is 1.74 bits per heavy atom. The fourth-order valence-corrected chi connectivity index (χ4v) is 4.84. The summed E-state index contributed by atoms with van der Waals surface area (Å²) in [6.07, 6.45) is 1.40. The van der Waals surface area contributed by atoms with E-state index in [1.165, 1.54) is 0 Å². The first-order valence-corrected chi connectivity index (χ1v) is 9.20. The average molecular weight is 328 g/mol. The lowest BCUT2D eigenvalue weighted by Gasteiger charge is -2.19. The predicted molar refractivity (Wildman–Crippen MR) is 91.0 cm³/mol.